The van der Waals surface area contributed by atoms with E-state index in [9.17, 15) is 5.48 Å². The summed E-state index contributed by atoms with van der Waals surface area (Å²) in [6.07, 6.45) is 0. The SMILES string of the molecule is [2H]c1c([2H])c([2H])c(-c2ccc3oc4cccc(-c5c6c([2H])c([2H])c([2H])c([2H])c6c(-c6cccc7c6ccc6ccccc67)c6c([2H])c([2H])c([2H])c([2H])c56)c4c3c2)c([2H])c1[2H]. The van der Waals surface area contributed by atoms with Crippen LogP contribution in [0.15, 0.2) is 174 Å². The van der Waals surface area contributed by atoms with Gasteiger partial charge in [0.2, 0.25) is 0 Å². The van der Waals surface area contributed by atoms with Crippen LogP contribution in [0.25, 0.3) is 98.4 Å². The number of furan rings is 1. The third kappa shape index (κ3) is 3.90. The van der Waals surface area contributed by atoms with Crippen LogP contribution in [0, 0.1) is 0 Å². The van der Waals surface area contributed by atoms with Crippen molar-refractivity contribution in [1.29, 1.82) is 0 Å². The zero-order chi connectivity index (χ0) is 42.2. The van der Waals surface area contributed by atoms with Crippen LogP contribution in [-0.2, 0) is 0 Å². The maximum absolute atomic E-state index is 9.53. The predicted molar refractivity (Wildman–Crippen MR) is 200 cm³/mol. The second-order valence-electron chi connectivity index (χ2n) is 11.4. The van der Waals surface area contributed by atoms with Crippen LogP contribution in [0.5, 0.6) is 0 Å². The summed E-state index contributed by atoms with van der Waals surface area (Å²) in [6, 6.07) is 21.3. The van der Waals surface area contributed by atoms with Gasteiger partial charge in [-0.3, -0.25) is 0 Å². The summed E-state index contributed by atoms with van der Waals surface area (Å²) in [5.41, 5.74) is 2.20. The van der Waals surface area contributed by atoms with Crippen molar-refractivity contribution < 1.29 is 22.2 Å². The van der Waals surface area contributed by atoms with Crippen molar-refractivity contribution in [3.05, 3.63) is 170 Å². The molecule has 0 spiro atoms. The van der Waals surface area contributed by atoms with Crippen LogP contribution >= 0.6 is 0 Å². The van der Waals surface area contributed by atoms with Gasteiger partial charge in [0.15, 0.2) is 0 Å². The summed E-state index contributed by atoms with van der Waals surface area (Å²) in [6.45, 7) is 0. The van der Waals surface area contributed by atoms with E-state index >= 15 is 0 Å². The summed E-state index contributed by atoms with van der Waals surface area (Å²) in [4.78, 5) is 0. The second-order valence-corrected chi connectivity index (χ2v) is 11.4. The maximum Gasteiger partial charge on any atom is 0.136 e. The first-order valence-corrected chi connectivity index (χ1v) is 15.1. The first kappa shape index (κ1) is 16.4. The minimum absolute atomic E-state index is 0.0268. The van der Waals surface area contributed by atoms with Gasteiger partial charge in [-0.15, -0.1) is 0 Å². The minimum Gasteiger partial charge on any atom is -0.456 e. The number of rotatable bonds is 3. The molecule has 0 saturated heterocycles. The van der Waals surface area contributed by atoms with Gasteiger partial charge in [-0.2, -0.15) is 0 Å². The van der Waals surface area contributed by atoms with Gasteiger partial charge >= 0.3 is 0 Å². The highest BCUT2D eigenvalue weighted by Crippen LogP contribution is 2.48. The Kier molecular flexibility index (Phi) is 3.55. The fourth-order valence-electron chi connectivity index (χ4n) is 7.01. The number of hydrogen-bond acceptors (Lipinski definition) is 1. The molecule has 0 radical (unpaired) electrons. The average Bonchev–Trinajstić information content (AvgIpc) is 3.64. The molecule has 0 unspecified atom stereocenters. The van der Waals surface area contributed by atoms with E-state index in [1.165, 1.54) is 0 Å². The maximum atomic E-state index is 9.53. The molecule has 1 heteroatoms. The van der Waals surface area contributed by atoms with Gasteiger partial charge in [0.05, 0.1) is 17.8 Å². The summed E-state index contributed by atoms with van der Waals surface area (Å²) in [7, 11) is 0. The Bertz CT molecular complexity index is 3480. The molecule has 0 bridgehead atoms. The van der Waals surface area contributed by atoms with E-state index in [1.807, 2.05) is 48.5 Å². The van der Waals surface area contributed by atoms with E-state index in [4.69, 9.17) is 16.8 Å². The van der Waals surface area contributed by atoms with Gasteiger partial charge in [0.1, 0.15) is 11.2 Å². The smallest absolute Gasteiger partial charge is 0.136 e. The van der Waals surface area contributed by atoms with Gasteiger partial charge in [-0.25, -0.2) is 0 Å². The zero-order valence-electron chi connectivity index (χ0n) is 37.6. The monoisotopic (exact) mass is 609 g/mol. The Labute approximate surface area is 290 Å². The third-order valence-electron chi connectivity index (χ3n) is 8.98. The molecule has 0 atom stereocenters. The Hall–Kier alpha value is -6.18. The molecule has 1 heterocycles. The lowest BCUT2D eigenvalue weighted by Crippen LogP contribution is -1.92. The number of fused-ring (bicyclic) bond motifs is 8. The minimum atomic E-state index is -0.531. The topological polar surface area (TPSA) is 13.1 Å². The Balaban J connectivity index is 1.43. The molecule has 218 valence electrons. The molecule has 0 N–H and O–H groups in total. The molecular weight excluding hydrogens is 569 g/mol. The van der Waals surface area contributed by atoms with Crippen LogP contribution in [0.1, 0.15) is 17.8 Å². The largest absolute Gasteiger partial charge is 0.456 e. The van der Waals surface area contributed by atoms with E-state index in [0.29, 0.717) is 38.6 Å². The van der Waals surface area contributed by atoms with Crippen molar-refractivity contribution in [2.45, 2.75) is 0 Å². The molecule has 0 aliphatic carbocycles. The highest BCUT2D eigenvalue weighted by Gasteiger charge is 2.21. The van der Waals surface area contributed by atoms with Crippen molar-refractivity contribution in [2.24, 2.45) is 0 Å². The molecule has 0 aliphatic heterocycles. The van der Waals surface area contributed by atoms with E-state index in [-0.39, 0.29) is 50.3 Å². The van der Waals surface area contributed by atoms with Crippen molar-refractivity contribution in [1.82, 2.24) is 0 Å². The summed E-state index contributed by atoms with van der Waals surface area (Å²) >= 11 is 0. The molecule has 0 fully saturated rings. The quantitative estimate of drug-likeness (QED) is 0.143. The molecule has 10 rings (SSSR count). The average molecular weight is 610 g/mol. The van der Waals surface area contributed by atoms with Crippen molar-refractivity contribution in [3.8, 4) is 33.4 Å². The molecule has 0 amide bonds. The summed E-state index contributed by atoms with van der Waals surface area (Å²) in [5.74, 6) is 0. The van der Waals surface area contributed by atoms with Crippen molar-refractivity contribution in [3.63, 3.8) is 0 Å². The molecule has 0 aliphatic rings. The lowest BCUT2D eigenvalue weighted by atomic mass is 9.83. The van der Waals surface area contributed by atoms with Crippen LogP contribution < -0.4 is 0 Å². The van der Waals surface area contributed by atoms with Crippen LogP contribution in [-0.4, -0.2) is 0 Å². The highest BCUT2D eigenvalue weighted by atomic mass is 16.3. The first-order valence-electron chi connectivity index (χ1n) is 21.6. The van der Waals surface area contributed by atoms with Gasteiger partial charge in [0, 0.05) is 10.8 Å². The Morgan fingerprint density at radius 2 is 1.02 bits per heavy atom. The van der Waals surface area contributed by atoms with Crippen molar-refractivity contribution in [2.75, 3.05) is 0 Å². The van der Waals surface area contributed by atoms with Gasteiger partial charge < -0.3 is 4.42 Å². The van der Waals surface area contributed by atoms with Crippen molar-refractivity contribution >= 4 is 65.0 Å². The number of benzene rings is 9. The highest BCUT2D eigenvalue weighted by molar-refractivity contribution is 6.27. The zero-order valence-corrected chi connectivity index (χ0v) is 24.6. The predicted octanol–water partition coefficient (Wildman–Crippen LogP) is 13.2. The summed E-state index contributed by atoms with van der Waals surface area (Å²) < 4.78 is 122. The Morgan fingerprint density at radius 1 is 0.383 bits per heavy atom. The molecule has 47 heavy (non-hydrogen) atoms. The van der Waals surface area contributed by atoms with E-state index < -0.39 is 66.5 Å². The molecule has 1 aromatic heterocycles. The number of hydrogen-bond donors (Lipinski definition) is 0. The molecule has 9 aromatic carbocycles. The Morgan fingerprint density at radius 3 is 1.79 bits per heavy atom. The lowest BCUT2D eigenvalue weighted by molar-refractivity contribution is 0.669. The molecule has 1 nitrogen and oxygen atoms in total. The first-order chi connectivity index (χ1) is 28.7. The van der Waals surface area contributed by atoms with Gasteiger partial charge in [0.25, 0.3) is 0 Å². The molecular formula is C46H28O. The lowest BCUT2D eigenvalue weighted by Gasteiger charge is -2.19. The third-order valence-corrected chi connectivity index (χ3v) is 8.98. The van der Waals surface area contributed by atoms with Crippen LogP contribution in [0.4, 0.5) is 0 Å². The van der Waals surface area contributed by atoms with E-state index in [1.54, 1.807) is 42.5 Å². The molecule has 10 aromatic rings. The summed E-state index contributed by atoms with van der Waals surface area (Å²) in [5, 5.41) is 4.56. The fraction of sp³-hybridized carbons (Fsp3) is 0. The second kappa shape index (κ2) is 10.2. The van der Waals surface area contributed by atoms with Crippen LogP contribution in [0.3, 0.4) is 0 Å². The van der Waals surface area contributed by atoms with Gasteiger partial charge in [-0.1, -0.05) is 151 Å². The van der Waals surface area contributed by atoms with E-state index in [2.05, 4.69) is 0 Å². The fourth-order valence-corrected chi connectivity index (χ4v) is 7.01. The normalized spacial score (nSPS) is 15.7. The van der Waals surface area contributed by atoms with Gasteiger partial charge in [-0.05, 0) is 94.7 Å². The standard InChI is InChI=1S/C46H28O/c1-2-12-29(13-3-1)31-25-27-42-41(28-31)46-40(22-11-23-43(46)47-42)45-38-18-8-6-16-36(38)44(37-17-7-9-19-39(37)45)35-21-10-20-33-32-15-5-4-14-30(32)24-26-34(33)35/h1-28H/i1D,2D,3D,6D,7D,8D,9D,12D,13D,16D,17D,18D,19D. The van der Waals surface area contributed by atoms with E-state index in [0.717, 1.165) is 21.5 Å². The molecule has 0 saturated carbocycles. The van der Waals surface area contributed by atoms with Crippen LogP contribution in [0.2, 0.25) is 0 Å².